The van der Waals surface area contributed by atoms with Gasteiger partial charge >= 0.3 is 0 Å². The van der Waals surface area contributed by atoms with Crippen molar-refractivity contribution in [2.45, 2.75) is 48.8 Å². The maximum Gasteiger partial charge on any atom is 0.286 e. The summed E-state index contributed by atoms with van der Waals surface area (Å²) in [6.45, 7) is 5.43. The summed E-state index contributed by atoms with van der Waals surface area (Å²) in [5.41, 5.74) is -0.176. The Hall–Kier alpha value is -2.89. The first-order chi connectivity index (χ1) is 16.5. The molecular formula is C24H26ClN3O6S2. The first-order valence-electron chi connectivity index (χ1n) is 11.0. The van der Waals surface area contributed by atoms with Crippen LogP contribution in [-0.2, 0) is 30.3 Å². The van der Waals surface area contributed by atoms with Gasteiger partial charge in [-0.3, -0.25) is 9.52 Å². The van der Waals surface area contributed by atoms with Crippen LogP contribution in [-0.4, -0.2) is 44.7 Å². The number of aliphatic hydroxyl groups is 1. The lowest BCUT2D eigenvalue weighted by Crippen LogP contribution is -2.43. The molecule has 192 valence electrons. The predicted molar refractivity (Wildman–Crippen MR) is 141 cm³/mol. The standard InChI is InChI=1S/C24H26ClN3O6S2/c1-23(2,25)11-12-24(3)16-8-6-5-7-15(16)20(29)19(21(24)30)22-26-17-10-9-14(27-35(4,31)32)13-18(17)36(33,34)28-22/h5-10,13,27,29H,11-12H2,1-4H3,(H,26,28). The minimum absolute atomic E-state index is 0.0428. The highest BCUT2D eigenvalue weighted by molar-refractivity contribution is 7.92. The number of nitrogens with zero attached hydrogens (tertiary/aromatic N) is 1. The van der Waals surface area contributed by atoms with Crippen LogP contribution in [0.2, 0.25) is 0 Å². The zero-order valence-corrected chi connectivity index (χ0v) is 22.5. The maximum absolute atomic E-state index is 13.9. The molecule has 2 aliphatic rings. The average molecular weight is 552 g/mol. The number of hydrogen-bond donors (Lipinski definition) is 3. The summed E-state index contributed by atoms with van der Waals surface area (Å²) in [5, 5.41) is 14.0. The fraction of sp³-hybridized carbons (Fsp3) is 0.333. The summed E-state index contributed by atoms with van der Waals surface area (Å²) in [7, 11) is -7.98. The molecule has 3 N–H and O–H groups in total. The lowest BCUT2D eigenvalue weighted by molar-refractivity contribution is -0.120. The van der Waals surface area contributed by atoms with Crippen molar-refractivity contribution in [2.75, 3.05) is 16.3 Å². The summed E-state index contributed by atoms with van der Waals surface area (Å²) < 4.78 is 55.3. The summed E-state index contributed by atoms with van der Waals surface area (Å²) in [4.78, 5) is 13.1. The molecule has 0 bridgehead atoms. The molecule has 0 fully saturated rings. The number of rotatable bonds is 6. The number of sulfonamides is 2. The first kappa shape index (κ1) is 26.2. The fourth-order valence-corrected chi connectivity index (χ4v) is 6.17. The van der Waals surface area contributed by atoms with Crippen molar-refractivity contribution < 1.29 is 26.7 Å². The Morgan fingerprint density at radius 1 is 1.19 bits per heavy atom. The van der Waals surface area contributed by atoms with Gasteiger partial charge in [0.05, 0.1) is 17.4 Å². The monoisotopic (exact) mass is 551 g/mol. The molecule has 12 heteroatoms. The van der Waals surface area contributed by atoms with Crippen molar-refractivity contribution in [3.05, 3.63) is 59.2 Å². The molecule has 2 aromatic carbocycles. The van der Waals surface area contributed by atoms with Crippen molar-refractivity contribution in [2.24, 2.45) is 4.40 Å². The number of carbonyl (C=O) groups excluding carboxylic acids is 1. The Morgan fingerprint density at radius 3 is 2.50 bits per heavy atom. The Balaban J connectivity index is 1.84. The predicted octanol–water partition coefficient (Wildman–Crippen LogP) is 4.18. The first-order valence-corrected chi connectivity index (χ1v) is 14.7. The Labute approximate surface area is 215 Å². The van der Waals surface area contributed by atoms with Gasteiger partial charge in [-0.15, -0.1) is 16.0 Å². The minimum atomic E-state index is -4.34. The number of benzene rings is 2. The molecular weight excluding hydrogens is 526 g/mol. The van der Waals surface area contributed by atoms with Crippen LogP contribution in [0, 0.1) is 0 Å². The number of aliphatic hydroxyl groups excluding tert-OH is 1. The van der Waals surface area contributed by atoms with E-state index in [1.807, 2.05) is 13.8 Å². The zero-order chi connectivity index (χ0) is 26.7. The van der Waals surface area contributed by atoms with Crippen LogP contribution in [0.15, 0.2) is 57.3 Å². The molecule has 0 aromatic heterocycles. The number of anilines is 2. The van der Waals surface area contributed by atoms with Gasteiger partial charge in [0.25, 0.3) is 10.0 Å². The number of hydrogen-bond acceptors (Lipinski definition) is 7. The van der Waals surface area contributed by atoms with E-state index < -0.39 is 36.1 Å². The maximum atomic E-state index is 13.9. The third-order valence-electron chi connectivity index (χ3n) is 6.23. The number of carbonyl (C=O) groups is 1. The molecule has 2 aromatic rings. The minimum Gasteiger partial charge on any atom is -0.506 e. The van der Waals surface area contributed by atoms with E-state index in [4.69, 9.17) is 11.6 Å². The van der Waals surface area contributed by atoms with Crippen molar-refractivity contribution in [3.63, 3.8) is 0 Å². The van der Waals surface area contributed by atoms with Gasteiger partial charge in [-0.05, 0) is 57.4 Å². The molecule has 0 radical (unpaired) electrons. The van der Waals surface area contributed by atoms with Gasteiger partial charge in [0, 0.05) is 16.1 Å². The van der Waals surface area contributed by atoms with Gasteiger partial charge in [-0.25, -0.2) is 8.42 Å². The van der Waals surface area contributed by atoms with E-state index in [-0.39, 0.29) is 33.4 Å². The van der Waals surface area contributed by atoms with Crippen LogP contribution >= 0.6 is 11.6 Å². The second kappa shape index (κ2) is 8.60. The number of alkyl halides is 1. The topological polar surface area (TPSA) is 142 Å². The van der Waals surface area contributed by atoms with Gasteiger partial charge in [0.15, 0.2) is 11.6 Å². The number of ketones is 1. The van der Waals surface area contributed by atoms with Crippen LogP contribution in [0.4, 0.5) is 11.4 Å². The van der Waals surface area contributed by atoms with Gasteiger partial charge < -0.3 is 10.4 Å². The molecule has 1 aliphatic heterocycles. The van der Waals surface area contributed by atoms with Crippen LogP contribution < -0.4 is 10.0 Å². The summed E-state index contributed by atoms with van der Waals surface area (Å²) >= 11 is 6.42. The normalized spacial score (nSPS) is 21.2. The molecule has 9 nitrogen and oxygen atoms in total. The van der Waals surface area contributed by atoms with E-state index in [1.54, 1.807) is 31.2 Å². The van der Waals surface area contributed by atoms with Crippen LogP contribution in [0.5, 0.6) is 0 Å². The van der Waals surface area contributed by atoms with E-state index in [0.29, 0.717) is 24.0 Å². The number of fused-ring (bicyclic) bond motifs is 2. The molecule has 1 aliphatic carbocycles. The van der Waals surface area contributed by atoms with Crippen LogP contribution in [0.25, 0.3) is 5.76 Å². The summed E-state index contributed by atoms with van der Waals surface area (Å²) in [6.07, 6.45) is 1.78. The van der Waals surface area contributed by atoms with Crippen LogP contribution in [0.1, 0.15) is 44.7 Å². The SMILES string of the molecule is CC(C)(Cl)CCC1(C)C(=O)C(C2=NS(=O)(=O)c3cc(NS(C)(=O)=O)ccc3N2)=C(O)c2ccccc21. The second-order valence-electron chi connectivity index (χ2n) is 9.77. The van der Waals surface area contributed by atoms with Gasteiger partial charge in [0.1, 0.15) is 16.2 Å². The second-order valence-corrected chi connectivity index (χ2v) is 14.1. The smallest absolute Gasteiger partial charge is 0.286 e. The highest BCUT2D eigenvalue weighted by Gasteiger charge is 2.47. The van der Waals surface area contributed by atoms with Gasteiger partial charge in [0.2, 0.25) is 10.0 Å². The number of amidine groups is 1. The highest BCUT2D eigenvalue weighted by Crippen LogP contribution is 2.45. The van der Waals surface area contributed by atoms with Gasteiger partial charge in [-0.2, -0.15) is 8.42 Å². The molecule has 0 saturated heterocycles. The van der Waals surface area contributed by atoms with Crippen LogP contribution in [0.3, 0.4) is 0 Å². The Bertz CT molecular complexity index is 1560. The van der Waals surface area contributed by atoms with Crippen molar-refractivity contribution in [3.8, 4) is 0 Å². The molecule has 36 heavy (non-hydrogen) atoms. The van der Waals surface area contributed by atoms with Crippen molar-refractivity contribution >= 4 is 60.4 Å². The van der Waals surface area contributed by atoms with E-state index in [2.05, 4.69) is 14.4 Å². The molecule has 4 rings (SSSR count). The molecule has 1 atom stereocenters. The Morgan fingerprint density at radius 2 is 1.86 bits per heavy atom. The van der Waals surface area contributed by atoms with Crippen molar-refractivity contribution in [1.29, 1.82) is 0 Å². The molecule has 0 spiro atoms. The highest BCUT2D eigenvalue weighted by atomic mass is 35.5. The third kappa shape index (κ3) is 4.87. The summed E-state index contributed by atoms with van der Waals surface area (Å²) in [6, 6.07) is 10.8. The van der Waals surface area contributed by atoms with E-state index in [0.717, 1.165) is 12.3 Å². The number of Topliss-reactive ketones (excluding diaryl/α,β-unsaturated/α-hetero) is 1. The Kier molecular flexibility index (Phi) is 6.26. The molecule has 1 unspecified atom stereocenters. The zero-order valence-electron chi connectivity index (χ0n) is 20.1. The largest absolute Gasteiger partial charge is 0.506 e. The molecule has 0 saturated carbocycles. The van der Waals surface area contributed by atoms with E-state index in [9.17, 15) is 26.7 Å². The lowest BCUT2D eigenvalue weighted by atomic mass is 9.66. The van der Waals surface area contributed by atoms with E-state index >= 15 is 0 Å². The average Bonchev–Trinajstić information content (AvgIpc) is 2.75. The molecule has 0 amide bonds. The quantitative estimate of drug-likeness (QED) is 0.457. The van der Waals surface area contributed by atoms with E-state index in [1.165, 1.54) is 12.1 Å². The molecule has 1 heterocycles. The van der Waals surface area contributed by atoms with Gasteiger partial charge in [-0.1, -0.05) is 24.3 Å². The fourth-order valence-electron chi connectivity index (χ4n) is 4.37. The van der Waals surface area contributed by atoms with Crippen molar-refractivity contribution in [1.82, 2.24) is 0 Å². The third-order valence-corrected chi connectivity index (χ3v) is 8.34. The number of halogens is 1. The number of nitrogens with one attached hydrogen (secondary N) is 2. The lowest BCUT2D eigenvalue weighted by Gasteiger charge is -2.37. The summed E-state index contributed by atoms with van der Waals surface area (Å²) in [5.74, 6) is -1.17.